The summed E-state index contributed by atoms with van der Waals surface area (Å²) in [4.78, 5) is 4.07. The van der Waals surface area contributed by atoms with E-state index in [-0.39, 0.29) is 6.04 Å². The minimum Gasteiger partial charge on any atom is -0.493 e. The van der Waals surface area contributed by atoms with Crippen LogP contribution in [0.25, 0.3) is 0 Å². The molecule has 0 radical (unpaired) electrons. The molecule has 1 atom stereocenters. The summed E-state index contributed by atoms with van der Waals surface area (Å²) in [6.45, 7) is 0. The molecule has 1 aromatic carbocycles. The quantitative estimate of drug-likeness (QED) is 0.576. The molecule has 6 nitrogen and oxygen atoms in total. The van der Waals surface area contributed by atoms with E-state index in [2.05, 4.69) is 10.4 Å². The Kier molecular flexibility index (Phi) is 4.85. The van der Waals surface area contributed by atoms with E-state index in [0.717, 1.165) is 11.1 Å². The van der Waals surface area contributed by atoms with E-state index >= 15 is 0 Å². The monoisotopic (exact) mass is 308 g/mol. The van der Waals surface area contributed by atoms with Gasteiger partial charge in [0.2, 0.25) is 0 Å². The van der Waals surface area contributed by atoms with Crippen molar-refractivity contribution in [2.45, 2.75) is 6.04 Å². The number of methoxy groups -OCH3 is 2. The molecule has 0 aliphatic rings. The Balaban J connectivity index is 2.53. The average molecular weight is 309 g/mol. The fraction of sp³-hybridized carbons (Fsp3) is 0.214. The highest BCUT2D eigenvalue weighted by molar-refractivity contribution is 6.32. The summed E-state index contributed by atoms with van der Waals surface area (Å²) in [5.74, 6) is 7.05. The predicted molar refractivity (Wildman–Crippen MR) is 82.4 cm³/mol. The number of aromatic nitrogens is 1. The first-order chi connectivity index (χ1) is 10.1. The van der Waals surface area contributed by atoms with Gasteiger partial charge < -0.3 is 15.2 Å². The van der Waals surface area contributed by atoms with Gasteiger partial charge >= 0.3 is 0 Å². The molecule has 2 rings (SSSR count). The third-order valence-corrected chi connectivity index (χ3v) is 3.42. The number of hydrazine groups is 1. The van der Waals surface area contributed by atoms with Gasteiger partial charge in [0.1, 0.15) is 5.82 Å². The number of pyridine rings is 1. The van der Waals surface area contributed by atoms with Crippen LogP contribution in [0.3, 0.4) is 0 Å². The number of hydrogen-bond acceptors (Lipinski definition) is 6. The maximum absolute atomic E-state index is 6.22. The molecule has 1 aromatic heterocycles. The van der Waals surface area contributed by atoms with Crippen LogP contribution in [0.15, 0.2) is 30.5 Å². The lowest BCUT2D eigenvalue weighted by molar-refractivity contribution is 0.354. The van der Waals surface area contributed by atoms with Crippen molar-refractivity contribution in [3.8, 4) is 11.5 Å². The number of nitrogens with two attached hydrogens (primary N) is 2. The van der Waals surface area contributed by atoms with E-state index in [1.54, 1.807) is 31.5 Å². The second-order valence-corrected chi connectivity index (χ2v) is 4.72. The van der Waals surface area contributed by atoms with Gasteiger partial charge in [0, 0.05) is 11.8 Å². The van der Waals surface area contributed by atoms with E-state index in [1.807, 2.05) is 6.07 Å². The van der Waals surface area contributed by atoms with E-state index in [1.165, 1.54) is 7.11 Å². The van der Waals surface area contributed by atoms with E-state index in [0.29, 0.717) is 22.3 Å². The molecule has 7 heteroatoms. The summed E-state index contributed by atoms with van der Waals surface area (Å²) in [7, 11) is 3.07. The summed E-state index contributed by atoms with van der Waals surface area (Å²) < 4.78 is 10.5. The van der Waals surface area contributed by atoms with Crippen molar-refractivity contribution in [1.29, 1.82) is 0 Å². The number of hydrogen-bond donors (Lipinski definition) is 3. The van der Waals surface area contributed by atoms with E-state index in [9.17, 15) is 0 Å². The van der Waals surface area contributed by atoms with Crippen molar-refractivity contribution >= 4 is 17.4 Å². The SMILES string of the molecule is COc1cc(C(NN)c2cccnc2N)cc(Cl)c1OC. The molecule has 21 heavy (non-hydrogen) atoms. The average Bonchev–Trinajstić information content (AvgIpc) is 2.49. The molecule has 0 saturated carbocycles. The van der Waals surface area contributed by atoms with Gasteiger partial charge in [-0.3, -0.25) is 5.84 Å². The Labute approximate surface area is 128 Å². The molecule has 0 amide bonds. The second kappa shape index (κ2) is 6.62. The number of nitrogen functional groups attached to an aromatic ring is 1. The number of anilines is 1. The van der Waals surface area contributed by atoms with Gasteiger partial charge in [0.25, 0.3) is 0 Å². The number of benzene rings is 1. The minimum absolute atomic E-state index is 0.365. The summed E-state index contributed by atoms with van der Waals surface area (Å²) >= 11 is 6.22. The van der Waals surface area contributed by atoms with Crippen molar-refractivity contribution in [2.24, 2.45) is 5.84 Å². The van der Waals surface area contributed by atoms with Crippen LogP contribution in [-0.2, 0) is 0 Å². The maximum Gasteiger partial charge on any atom is 0.179 e. The van der Waals surface area contributed by atoms with Crippen molar-refractivity contribution in [3.63, 3.8) is 0 Å². The van der Waals surface area contributed by atoms with Crippen LogP contribution in [0, 0.1) is 0 Å². The Morgan fingerprint density at radius 3 is 2.62 bits per heavy atom. The molecule has 1 unspecified atom stereocenters. The first kappa shape index (κ1) is 15.4. The second-order valence-electron chi connectivity index (χ2n) is 4.32. The fourth-order valence-electron chi connectivity index (χ4n) is 2.14. The fourth-order valence-corrected chi connectivity index (χ4v) is 2.44. The molecule has 0 saturated heterocycles. The van der Waals surface area contributed by atoms with Gasteiger partial charge in [-0.25, -0.2) is 10.4 Å². The van der Waals surface area contributed by atoms with Crippen LogP contribution in [-0.4, -0.2) is 19.2 Å². The van der Waals surface area contributed by atoms with Crippen molar-refractivity contribution < 1.29 is 9.47 Å². The Morgan fingerprint density at radius 2 is 2.05 bits per heavy atom. The molecule has 0 spiro atoms. The molecule has 0 bridgehead atoms. The Morgan fingerprint density at radius 1 is 1.29 bits per heavy atom. The topological polar surface area (TPSA) is 95.4 Å². The summed E-state index contributed by atoms with van der Waals surface area (Å²) in [5, 5.41) is 0.426. The highest BCUT2D eigenvalue weighted by Crippen LogP contribution is 2.39. The molecule has 0 fully saturated rings. The molecule has 0 aliphatic heterocycles. The van der Waals surface area contributed by atoms with Crippen LogP contribution in [0.1, 0.15) is 17.2 Å². The number of rotatable bonds is 5. The van der Waals surface area contributed by atoms with Crippen LogP contribution in [0.4, 0.5) is 5.82 Å². The third kappa shape index (κ3) is 3.02. The first-order valence-electron chi connectivity index (χ1n) is 6.20. The van der Waals surface area contributed by atoms with Gasteiger partial charge in [0.05, 0.1) is 25.3 Å². The maximum atomic E-state index is 6.22. The molecular weight excluding hydrogens is 292 g/mol. The van der Waals surface area contributed by atoms with Crippen molar-refractivity contribution in [1.82, 2.24) is 10.4 Å². The van der Waals surface area contributed by atoms with Gasteiger partial charge in [-0.05, 0) is 23.8 Å². The highest BCUT2D eigenvalue weighted by atomic mass is 35.5. The van der Waals surface area contributed by atoms with Gasteiger partial charge in [-0.2, -0.15) is 0 Å². The standard InChI is InChI=1S/C14H17ClN4O2/c1-20-11-7-8(6-10(15)13(11)21-2)12(19-17)9-4-3-5-18-14(9)16/h3-7,12,19H,17H2,1-2H3,(H2,16,18). The van der Waals surface area contributed by atoms with Crippen molar-refractivity contribution in [3.05, 3.63) is 46.6 Å². The van der Waals surface area contributed by atoms with Crippen molar-refractivity contribution in [2.75, 3.05) is 20.0 Å². The van der Waals surface area contributed by atoms with Crippen LogP contribution < -0.4 is 26.5 Å². The Bertz CT molecular complexity index is 636. The predicted octanol–water partition coefficient (Wildman–Crippen LogP) is 1.89. The lowest BCUT2D eigenvalue weighted by Gasteiger charge is -2.20. The molecule has 5 N–H and O–H groups in total. The molecule has 1 heterocycles. The summed E-state index contributed by atoms with van der Waals surface area (Å²) in [6, 6.07) is 6.81. The normalized spacial score (nSPS) is 12.0. The van der Waals surface area contributed by atoms with Gasteiger partial charge in [-0.15, -0.1) is 0 Å². The molecule has 112 valence electrons. The summed E-state index contributed by atoms with van der Waals surface area (Å²) in [5.41, 5.74) is 10.2. The third-order valence-electron chi connectivity index (χ3n) is 3.14. The van der Waals surface area contributed by atoms with E-state index < -0.39 is 0 Å². The molecular formula is C14H17ClN4O2. The number of ether oxygens (including phenoxy) is 2. The zero-order chi connectivity index (χ0) is 15.4. The van der Waals surface area contributed by atoms with Crippen LogP contribution in [0.5, 0.6) is 11.5 Å². The Hall–Kier alpha value is -2.02. The smallest absolute Gasteiger partial charge is 0.179 e. The lowest BCUT2D eigenvalue weighted by atomic mass is 9.99. The minimum atomic E-state index is -0.365. The largest absolute Gasteiger partial charge is 0.493 e. The summed E-state index contributed by atoms with van der Waals surface area (Å²) in [6.07, 6.45) is 1.62. The highest BCUT2D eigenvalue weighted by Gasteiger charge is 2.20. The zero-order valence-electron chi connectivity index (χ0n) is 11.8. The molecule has 2 aromatic rings. The van der Waals surface area contributed by atoms with Crippen LogP contribution >= 0.6 is 11.6 Å². The molecule has 0 aliphatic carbocycles. The van der Waals surface area contributed by atoms with Crippen LogP contribution in [0.2, 0.25) is 5.02 Å². The first-order valence-corrected chi connectivity index (χ1v) is 6.58. The van der Waals surface area contributed by atoms with Gasteiger partial charge in [-0.1, -0.05) is 17.7 Å². The van der Waals surface area contributed by atoms with Gasteiger partial charge in [0.15, 0.2) is 11.5 Å². The number of nitrogens with zero attached hydrogens (tertiary/aromatic N) is 1. The lowest BCUT2D eigenvalue weighted by Crippen LogP contribution is -2.29. The number of nitrogens with one attached hydrogen (secondary N) is 1. The number of halogens is 1. The van der Waals surface area contributed by atoms with E-state index in [4.69, 9.17) is 32.7 Å². The zero-order valence-corrected chi connectivity index (χ0v) is 12.5.